The topological polar surface area (TPSA) is 74.1 Å². The third-order valence-electron chi connectivity index (χ3n) is 3.52. The van der Waals surface area contributed by atoms with Gasteiger partial charge in [0.2, 0.25) is 11.7 Å². The number of carbonyl (C=O) groups is 1. The standard InChI is InChI=1S/C17H21N3O4/c1-20-9-5-6-13(20)10-15(21)19-18-11-12-7-8-14(22-2)17(24-4)16(12)23-3/h5-9,11H,10H2,1-4H3,(H,19,21)/b18-11-. The van der Waals surface area contributed by atoms with Crippen LogP contribution in [0.15, 0.2) is 35.6 Å². The van der Waals surface area contributed by atoms with E-state index in [4.69, 9.17) is 14.2 Å². The number of rotatable bonds is 7. The molecule has 1 aromatic carbocycles. The summed E-state index contributed by atoms with van der Waals surface area (Å²) in [5.41, 5.74) is 4.07. The number of carbonyl (C=O) groups excluding carboxylic acids is 1. The fourth-order valence-electron chi connectivity index (χ4n) is 2.28. The second kappa shape index (κ2) is 8.05. The molecule has 1 heterocycles. The molecule has 7 nitrogen and oxygen atoms in total. The third kappa shape index (κ3) is 3.87. The second-order valence-corrected chi connectivity index (χ2v) is 5.00. The average Bonchev–Trinajstić information content (AvgIpc) is 2.98. The molecule has 2 rings (SSSR count). The summed E-state index contributed by atoms with van der Waals surface area (Å²) in [6.45, 7) is 0. The second-order valence-electron chi connectivity index (χ2n) is 5.00. The molecule has 0 saturated carbocycles. The Hall–Kier alpha value is -2.96. The fourth-order valence-corrected chi connectivity index (χ4v) is 2.28. The molecule has 0 saturated heterocycles. The van der Waals surface area contributed by atoms with Gasteiger partial charge in [-0.3, -0.25) is 4.79 Å². The van der Waals surface area contributed by atoms with Gasteiger partial charge in [-0.15, -0.1) is 0 Å². The SMILES string of the molecule is COc1ccc(/C=N\NC(=O)Cc2cccn2C)c(OC)c1OC. The molecule has 0 radical (unpaired) electrons. The fraction of sp³-hybridized carbons (Fsp3) is 0.294. The molecular formula is C17H21N3O4. The van der Waals surface area contributed by atoms with Crippen LogP contribution >= 0.6 is 0 Å². The Bertz CT molecular complexity index is 737. The lowest BCUT2D eigenvalue weighted by atomic mass is 10.2. The minimum absolute atomic E-state index is 0.201. The normalized spacial score (nSPS) is 10.7. The molecule has 0 atom stereocenters. The van der Waals surface area contributed by atoms with Crippen molar-refractivity contribution in [2.24, 2.45) is 12.1 Å². The zero-order valence-electron chi connectivity index (χ0n) is 14.2. The molecule has 0 spiro atoms. The highest BCUT2D eigenvalue weighted by molar-refractivity contribution is 5.87. The number of hydrogen-bond acceptors (Lipinski definition) is 5. The molecule has 7 heteroatoms. The van der Waals surface area contributed by atoms with Crippen molar-refractivity contribution in [2.45, 2.75) is 6.42 Å². The van der Waals surface area contributed by atoms with Gasteiger partial charge in [-0.1, -0.05) is 0 Å². The highest BCUT2D eigenvalue weighted by Crippen LogP contribution is 2.38. The van der Waals surface area contributed by atoms with Crippen LogP contribution in [0.25, 0.3) is 0 Å². The van der Waals surface area contributed by atoms with Crippen LogP contribution in [0.5, 0.6) is 17.2 Å². The van der Waals surface area contributed by atoms with Gasteiger partial charge >= 0.3 is 0 Å². The number of nitrogens with one attached hydrogen (secondary N) is 1. The van der Waals surface area contributed by atoms with E-state index in [9.17, 15) is 4.79 Å². The first-order valence-electron chi connectivity index (χ1n) is 7.31. The number of methoxy groups -OCH3 is 3. The Kier molecular flexibility index (Phi) is 5.83. The van der Waals surface area contributed by atoms with Gasteiger partial charge < -0.3 is 18.8 Å². The molecule has 2 aromatic rings. The number of hydrogen-bond donors (Lipinski definition) is 1. The van der Waals surface area contributed by atoms with Crippen molar-refractivity contribution in [3.05, 3.63) is 41.7 Å². The summed E-state index contributed by atoms with van der Waals surface area (Å²) in [7, 11) is 6.50. The minimum Gasteiger partial charge on any atom is -0.493 e. The van der Waals surface area contributed by atoms with E-state index in [2.05, 4.69) is 10.5 Å². The van der Waals surface area contributed by atoms with Crippen LogP contribution in [0.4, 0.5) is 0 Å². The number of benzene rings is 1. The predicted molar refractivity (Wildman–Crippen MR) is 91.0 cm³/mol. The van der Waals surface area contributed by atoms with Gasteiger partial charge in [0.15, 0.2) is 11.5 Å². The lowest BCUT2D eigenvalue weighted by molar-refractivity contribution is -0.120. The van der Waals surface area contributed by atoms with Gasteiger partial charge in [0.1, 0.15) is 0 Å². The molecule has 128 valence electrons. The summed E-state index contributed by atoms with van der Waals surface area (Å²) >= 11 is 0. The maximum atomic E-state index is 11.9. The van der Waals surface area contributed by atoms with Crippen molar-refractivity contribution < 1.29 is 19.0 Å². The number of nitrogens with zero attached hydrogens (tertiary/aromatic N) is 2. The number of hydrazone groups is 1. The molecule has 0 aliphatic rings. The number of aryl methyl sites for hydroxylation is 1. The monoisotopic (exact) mass is 331 g/mol. The van der Waals surface area contributed by atoms with E-state index < -0.39 is 0 Å². The summed E-state index contributed by atoms with van der Waals surface area (Å²) in [5.74, 6) is 1.31. The Morgan fingerprint density at radius 3 is 2.50 bits per heavy atom. The Labute approximate surface area is 140 Å². The summed E-state index contributed by atoms with van der Waals surface area (Å²) in [6.07, 6.45) is 3.65. The van der Waals surface area contributed by atoms with E-state index in [0.717, 1.165) is 5.69 Å². The van der Waals surface area contributed by atoms with E-state index in [1.165, 1.54) is 20.4 Å². The highest BCUT2D eigenvalue weighted by atomic mass is 16.5. The lowest BCUT2D eigenvalue weighted by Crippen LogP contribution is -2.20. The van der Waals surface area contributed by atoms with Crippen molar-refractivity contribution in [2.75, 3.05) is 21.3 Å². The van der Waals surface area contributed by atoms with Gasteiger partial charge in [-0.25, -0.2) is 5.43 Å². The van der Waals surface area contributed by atoms with Gasteiger partial charge in [-0.2, -0.15) is 5.10 Å². The Balaban J connectivity index is 2.08. The molecule has 1 N–H and O–H groups in total. The van der Waals surface area contributed by atoms with Crippen LogP contribution < -0.4 is 19.6 Å². The van der Waals surface area contributed by atoms with Crippen LogP contribution in [0.2, 0.25) is 0 Å². The summed E-state index contributed by atoms with van der Waals surface area (Å²) in [5, 5.41) is 3.98. The van der Waals surface area contributed by atoms with Crippen molar-refractivity contribution in [3.8, 4) is 17.2 Å². The largest absolute Gasteiger partial charge is 0.493 e. The molecule has 1 amide bonds. The zero-order chi connectivity index (χ0) is 17.5. The van der Waals surface area contributed by atoms with E-state index in [-0.39, 0.29) is 12.3 Å². The van der Waals surface area contributed by atoms with Crippen molar-refractivity contribution in [1.29, 1.82) is 0 Å². The number of aromatic nitrogens is 1. The first-order chi connectivity index (χ1) is 11.6. The van der Waals surface area contributed by atoms with E-state index >= 15 is 0 Å². The number of amides is 1. The quantitative estimate of drug-likeness (QED) is 0.619. The maximum absolute atomic E-state index is 11.9. The summed E-state index contributed by atoms with van der Waals surface area (Å²) in [4.78, 5) is 11.9. The van der Waals surface area contributed by atoms with Gasteiger partial charge in [-0.05, 0) is 24.3 Å². The molecule has 0 aliphatic heterocycles. The smallest absolute Gasteiger partial charge is 0.245 e. The van der Waals surface area contributed by atoms with Crippen LogP contribution in [0.1, 0.15) is 11.3 Å². The van der Waals surface area contributed by atoms with Gasteiger partial charge in [0.05, 0.1) is 34.0 Å². The van der Waals surface area contributed by atoms with Crippen molar-refractivity contribution in [1.82, 2.24) is 9.99 Å². The van der Waals surface area contributed by atoms with Crippen molar-refractivity contribution in [3.63, 3.8) is 0 Å². The Morgan fingerprint density at radius 2 is 1.92 bits per heavy atom. The zero-order valence-corrected chi connectivity index (χ0v) is 14.2. The summed E-state index contributed by atoms with van der Waals surface area (Å²) < 4.78 is 17.8. The van der Waals surface area contributed by atoms with E-state index in [0.29, 0.717) is 22.8 Å². The average molecular weight is 331 g/mol. The third-order valence-corrected chi connectivity index (χ3v) is 3.52. The highest BCUT2D eigenvalue weighted by Gasteiger charge is 2.14. The summed E-state index contributed by atoms with van der Waals surface area (Å²) in [6, 6.07) is 7.29. The maximum Gasteiger partial charge on any atom is 0.245 e. The molecule has 0 aliphatic carbocycles. The van der Waals surface area contributed by atoms with E-state index in [1.807, 2.05) is 29.9 Å². The van der Waals surface area contributed by atoms with Crippen LogP contribution in [-0.2, 0) is 18.3 Å². The molecular weight excluding hydrogens is 310 g/mol. The van der Waals surface area contributed by atoms with Gasteiger partial charge in [0.25, 0.3) is 0 Å². The molecule has 1 aromatic heterocycles. The molecule has 24 heavy (non-hydrogen) atoms. The van der Waals surface area contributed by atoms with Crippen LogP contribution in [0, 0.1) is 0 Å². The predicted octanol–water partition coefficient (Wildman–Crippen LogP) is 1.74. The molecule has 0 unspecified atom stereocenters. The van der Waals surface area contributed by atoms with Crippen LogP contribution in [0.3, 0.4) is 0 Å². The van der Waals surface area contributed by atoms with Crippen LogP contribution in [-0.4, -0.2) is 38.0 Å². The molecule has 0 fully saturated rings. The lowest BCUT2D eigenvalue weighted by Gasteiger charge is -2.13. The first kappa shape index (κ1) is 17.4. The van der Waals surface area contributed by atoms with Gasteiger partial charge in [0, 0.05) is 24.5 Å². The van der Waals surface area contributed by atoms with E-state index in [1.54, 1.807) is 19.2 Å². The minimum atomic E-state index is -0.201. The number of ether oxygens (including phenoxy) is 3. The van der Waals surface area contributed by atoms with Crippen molar-refractivity contribution >= 4 is 12.1 Å². The Morgan fingerprint density at radius 1 is 1.17 bits per heavy atom. The molecule has 0 bridgehead atoms. The first-order valence-corrected chi connectivity index (χ1v) is 7.31.